The molecule has 0 radical (unpaired) electrons. The summed E-state index contributed by atoms with van der Waals surface area (Å²) in [6, 6.07) is 16.2. The molecule has 1 aliphatic heterocycles. The van der Waals surface area contributed by atoms with Gasteiger partial charge in [-0.3, -0.25) is 5.01 Å². The second-order valence-corrected chi connectivity index (χ2v) is 11.0. The van der Waals surface area contributed by atoms with Gasteiger partial charge in [0.05, 0.1) is 18.8 Å². The highest BCUT2D eigenvalue weighted by Crippen LogP contribution is 2.36. The number of hydrogen-bond donors (Lipinski definition) is 0. The van der Waals surface area contributed by atoms with Crippen LogP contribution in [0.15, 0.2) is 53.6 Å². The van der Waals surface area contributed by atoms with Crippen molar-refractivity contribution < 1.29 is 19.3 Å². The molecular formula is C28H38N2O4. The molecule has 0 aliphatic carbocycles. The number of benzene rings is 2. The molecule has 2 aromatic rings. The first-order valence-corrected chi connectivity index (χ1v) is 11.8. The quantitative estimate of drug-likeness (QED) is 0.224. The number of hydrazone groups is 1. The van der Waals surface area contributed by atoms with E-state index in [1.165, 1.54) is 18.2 Å². The third kappa shape index (κ3) is 6.05. The summed E-state index contributed by atoms with van der Waals surface area (Å²) in [5, 5.41) is 6.61. The molecule has 6 nitrogen and oxygen atoms in total. The molecule has 0 fully saturated rings. The van der Waals surface area contributed by atoms with Crippen LogP contribution in [-0.4, -0.2) is 31.4 Å². The van der Waals surface area contributed by atoms with Gasteiger partial charge >= 0.3 is 5.97 Å². The Hall–Kier alpha value is -2.70. The average Bonchev–Trinajstić information content (AvgIpc) is 3.11. The lowest BCUT2D eigenvalue weighted by Crippen LogP contribution is -2.37. The van der Waals surface area contributed by atoms with Crippen LogP contribution in [0.5, 0.6) is 0 Å². The van der Waals surface area contributed by atoms with E-state index in [0.717, 1.165) is 11.3 Å². The van der Waals surface area contributed by atoms with E-state index in [1.54, 1.807) is 0 Å². The second-order valence-electron chi connectivity index (χ2n) is 11.0. The highest BCUT2D eigenvalue weighted by Gasteiger charge is 2.40. The Morgan fingerprint density at radius 1 is 0.941 bits per heavy atom. The maximum Gasteiger partial charge on any atom is 0.354 e. The third-order valence-corrected chi connectivity index (χ3v) is 6.24. The van der Waals surface area contributed by atoms with Crippen LogP contribution in [0.1, 0.15) is 65.2 Å². The largest absolute Gasteiger partial charge is 0.464 e. The Bertz CT molecular complexity index is 987. The van der Waals surface area contributed by atoms with Crippen molar-refractivity contribution in [2.24, 2.45) is 11.0 Å². The topological polar surface area (TPSA) is 60.4 Å². The highest BCUT2D eigenvalue weighted by molar-refractivity contribution is 6.38. The molecule has 2 aromatic carbocycles. The zero-order valence-corrected chi connectivity index (χ0v) is 21.7. The Morgan fingerprint density at radius 2 is 1.53 bits per heavy atom. The molecule has 0 saturated heterocycles. The summed E-state index contributed by atoms with van der Waals surface area (Å²) in [5.41, 5.74) is 4.69. The van der Waals surface area contributed by atoms with Crippen molar-refractivity contribution in [2.75, 3.05) is 18.7 Å². The van der Waals surface area contributed by atoms with E-state index in [4.69, 9.17) is 19.6 Å². The molecule has 34 heavy (non-hydrogen) atoms. The molecule has 0 saturated carbocycles. The predicted molar refractivity (Wildman–Crippen MR) is 136 cm³/mol. The number of hydrogen-bond acceptors (Lipinski definition) is 6. The van der Waals surface area contributed by atoms with E-state index >= 15 is 0 Å². The molecular weight excluding hydrogens is 428 g/mol. The van der Waals surface area contributed by atoms with Gasteiger partial charge in [0.2, 0.25) is 0 Å². The Balaban J connectivity index is 1.91. The number of ether oxygens (including phenoxy) is 1. The summed E-state index contributed by atoms with van der Waals surface area (Å²) >= 11 is 0. The van der Waals surface area contributed by atoms with Gasteiger partial charge in [-0.2, -0.15) is 5.10 Å². The van der Waals surface area contributed by atoms with E-state index in [1.807, 2.05) is 42.3 Å². The van der Waals surface area contributed by atoms with Crippen LogP contribution < -0.4 is 5.01 Å². The standard InChI is InChI=1S/C28H38N2O4/c1-19-24(18-34-33-17-20-12-10-9-11-13-20)30(29-25(19)26(31)32-8)23-15-21(27(2,3)4)14-22(16-23)28(5,6)7/h9-16,19,24H,17-18H2,1-8H3. The minimum absolute atomic E-state index is 0.0406. The zero-order valence-electron chi connectivity index (χ0n) is 21.7. The van der Waals surface area contributed by atoms with Gasteiger partial charge in [-0.15, -0.1) is 0 Å². The molecule has 6 heteroatoms. The van der Waals surface area contributed by atoms with Gasteiger partial charge in [-0.05, 0) is 39.7 Å². The average molecular weight is 467 g/mol. The lowest BCUT2D eigenvalue weighted by Gasteiger charge is -2.30. The van der Waals surface area contributed by atoms with E-state index in [0.29, 0.717) is 12.3 Å². The lowest BCUT2D eigenvalue weighted by molar-refractivity contribution is -0.306. The smallest absolute Gasteiger partial charge is 0.354 e. The van der Waals surface area contributed by atoms with Crippen LogP contribution in [0.3, 0.4) is 0 Å². The summed E-state index contributed by atoms with van der Waals surface area (Å²) in [6.07, 6.45) is 0. The van der Waals surface area contributed by atoms with Crippen molar-refractivity contribution >= 4 is 17.4 Å². The highest BCUT2D eigenvalue weighted by atomic mass is 17.2. The summed E-state index contributed by atoms with van der Waals surface area (Å²) in [7, 11) is 1.38. The van der Waals surface area contributed by atoms with Gasteiger partial charge in [0.1, 0.15) is 13.2 Å². The number of nitrogens with zero attached hydrogens (tertiary/aromatic N) is 2. The number of esters is 1. The van der Waals surface area contributed by atoms with Crippen LogP contribution in [0.4, 0.5) is 5.69 Å². The molecule has 0 aromatic heterocycles. The molecule has 2 unspecified atom stereocenters. The summed E-state index contributed by atoms with van der Waals surface area (Å²) in [5.74, 6) is -0.614. The minimum atomic E-state index is -0.423. The molecule has 0 spiro atoms. The summed E-state index contributed by atoms with van der Waals surface area (Å²) in [6.45, 7) is 15.8. The van der Waals surface area contributed by atoms with E-state index in [2.05, 4.69) is 59.7 Å². The SMILES string of the molecule is COC(=O)C1=NN(c2cc(C(C)(C)C)cc(C(C)(C)C)c2)C(COOCc2ccccc2)C1C. The number of carbonyl (C=O) groups excluding carboxylic acids is 1. The van der Waals surface area contributed by atoms with Crippen LogP contribution in [0.2, 0.25) is 0 Å². The molecule has 0 amide bonds. The van der Waals surface area contributed by atoms with Crippen molar-refractivity contribution in [2.45, 2.75) is 71.9 Å². The number of rotatable bonds is 7. The van der Waals surface area contributed by atoms with E-state index in [9.17, 15) is 4.79 Å². The monoisotopic (exact) mass is 466 g/mol. The molecule has 0 bridgehead atoms. The van der Waals surface area contributed by atoms with Gasteiger partial charge in [-0.1, -0.05) is 84.9 Å². The van der Waals surface area contributed by atoms with Crippen LogP contribution in [-0.2, 0) is 36.7 Å². The normalized spacial score (nSPS) is 18.7. The van der Waals surface area contributed by atoms with Gasteiger partial charge in [0.15, 0.2) is 5.71 Å². The fraction of sp³-hybridized carbons (Fsp3) is 0.500. The lowest BCUT2D eigenvalue weighted by atomic mass is 9.80. The Labute approximate surface area is 203 Å². The molecule has 1 aliphatic rings. The fourth-order valence-electron chi connectivity index (χ4n) is 3.88. The van der Waals surface area contributed by atoms with E-state index in [-0.39, 0.29) is 29.4 Å². The zero-order chi connectivity index (χ0) is 25.1. The van der Waals surface area contributed by atoms with Crippen molar-refractivity contribution in [3.8, 4) is 0 Å². The molecule has 2 atom stereocenters. The molecule has 184 valence electrons. The van der Waals surface area contributed by atoms with Gasteiger partial charge in [0, 0.05) is 5.92 Å². The van der Waals surface area contributed by atoms with E-state index < -0.39 is 5.97 Å². The van der Waals surface area contributed by atoms with Crippen molar-refractivity contribution in [3.63, 3.8) is 0 Å². The molecule has 0 N–H and O–H groups in total. The van der Waals surface area contributed by atoms with Gasteiger partial charge < -0.3 is 4.74 Å². The van der Waals surface area contributed by atoms with Crippen molar-refractivity contribution in [1.82, 2.24) is 0 Å². The fourth-order valence-corrected chi connectivity index (χ4v) is 3.88. The van der Waals surface area contributed by atoms with Gasteiger partial charge in [-0.25, -0.2) is 14.6 Å². The van der Waals surface area contributed by atoms with Crippen LogP contribution >= 0.6 is 0 Å². The van der Waals surface area contributed by atoms with Crippen molar-refractivity contribution in [3.05, 3.63) is 65.2 Å². The summed E-state index contributed by atoms with van der Waals surface area (Å²) in [4.78, 5) is 23.6. The predicted octanol–water partition coefficient (Wildman–Crippen LogP) is 5.78. The number of methoxy groups -OCH3 is 1. The maximum absolute atomic E-state index is 12.5. The minimum Gasteiger partial charge on any atom is -0.464 e. The molecule has 1 heterocycles. The maximum atomic E-state index is 12.5. The number of anilines is 1. The Kier molecular flexibility index (Phi) is 7.84. The third-order valence-electron chi connectivity index (χ3n) is 6.24. The number of carbonyl (C=O) groups is 1. The molecule has 3 rings (SSSR count). The van der Waals surface area contributed by atoms with Gasteiger partial charge in [0.25, 0.3) is 0 Å². The van der Waals surface area contributed by atoms with Crippen LogP contribution in [0, 0.1) is 5.92 Å². The van der Waals surface area contributed by atoms with Crippen LogP contribution in [0.25, 0.3) is 0 Å². The first-order valence-electron chi connectivity index (χ1n) is 11.8. The Morgan fingerprint density at radius 3 is 2.06 bits per heavy atom. The first-order chi connectivity index (χ1) is 15.9. The summed E-state index contributed by atoms with van der Waals surface area (Å²) < 4.78 is 5.01. The second kappa shape index (κ2) is 10.3. The van der Waals surface area contributed by atoms with Crippen molar-refractivity contribution in [1.29, 1.82) is 0 Å². The first kappa shape index (κ1) is 25.9.